The van der Waals surface area contributed by atoms with Crippen LogP contribution in [-0.4, -0.2) is 109 Å². The van der Waals surface area contributed by atoms with Crippen molar-refractivity contribution < 1.29 is 33.3 Å². The Kier molecular flexibility index (Phi) is 13.3. The maximum atomic E-state index is 14.1. The van der Waals surface area contributed by atoms with Gasteiger partial charge in [-0.05, 0) is 120 Å². The van der Waals surface area contributed by atoms with Crippen LogP contribution in [0.4, 0.5) is 15.3 Å². The fraction of sp³-hybridized carbons (Fsp3) is 0.660. The first kappa shape index (κ1) is 43.9. The zero-order valence-electron chi connectivity index (χ0n) is 37.0. The van der Waals surface area contributed by atoms with E-state index in [2.05, 4.69) is 37.8 Å². The topological polar surface area (TPSA) is 125 Å². The van der Waals surface area contributed by atoms with Gasteiger partial charge in [0, 0.05) is 82.4 Å². The molecule has 59 heavy (non-hydrogen) atoms. The average molecular weight is 814 g/mol. The molecule has 1 atom stereocenters. The van der Waals surface area contributed by atoms with Gasteiger partial charge in [-0.1, -0.05) is 20.8 Å². The van der Waals surface area contributed by atoms with Crippen LogP contribution in [0.2, 0.25) is 0 Å². The van der Waals surface area contributed by atoms with E-state index < -0.39 is 11.2 Å². The summed E-state index contributed by atoms with van der Waals surface area (Å²) in [6, 6.07) is 13.8. The number of nitriles is 1. The van der Waals surface area contributed by atoms with Crippen molar-refractivity contribution in [2.24, 2.45) is 11.3 Å². The number of piperidine rings is 1. The van der Waals surface area contributed by atoms with E-state index in [1.807, 2.05) is 70.7 Å². The van der Waals surface area contributed by atoms with E-state index in [-0.39, 0.29) is 35.7 Å². The Morgan fingerprint density at radius 1 is 0.644 bits per heavy atom. The van der Waals surface area contributed by atoms with Crippen LogP contribution in [0.5, 0.6) is 11.5 Å². The molecule has 4 aliphatic rings. The molecule has 0 aromatic heterocycles. The van der Waals surface area contributed by atoms with Gasteiger partial charge in [0.2, 0.25) is 0 Å². The maximum Gasteiger partial charge on any atom is 0.410 e. The van der Waals surface area contributed by atoms with Crippen LogP contribution in [0.25, 0.3) is 0 Å². The first-order chi connectivity index (χ1) is 27.7. The maximum absolute atomic E-state index is 14.1. The van der Waals surface area contributed by atoms with E-state index in [9.17, 15) is 19.6 Å². The number of rotatable bonds is 7. The van der Waals surface area contributed by atoms with E-state index >= 15 is 0 Å². The summed E-state index contributed by atoms with van der Waals surface area (Å²) in [5.41, 5.74) is 2.32. The Hall–Kier alpha value is -4.66. The Bertz CT molecular complexity index is 1850. The normalized spacial score (nSPS) is 22.1. The highest BCUT2D eigenvalue weighted by atomic mass is 16.6. The van der Waals surface area contributed by atoms with Gasteiger partial charge in [0.05, 0.1) is 18.2 Å². The van der Waals surface area contributed by atoms with Crippen molar-refractivity contribution >= 4 is 23.8 Å². The molecule has 1 aliphatic carbocycles. The summed E-state index contributed by atoms with van der Waals surface area (Å²) in [7, 11) is 0. The smallest absolute Gasteiger partial charge is 0.410 e. The second kappa shape index (κ2) is 17.9. The molecule has 0 spiro atoms. The number of carbonyl (C=O) groups is 3. The van der Waals surface area contributed by atoms with E-state index in [1.165, 1.54) is 0 Å². The van der Waals surface area contributed by atoms with Crippen molar-refractivity contribution in [1.29, 1.82) is 5.26 Å². The van der Waals surface area contributed by atoms with Crippen LogP contribution in [0.3, 0.4) is 0 Å². The number of carbonyl (C=O) groups excluding carboxylic acids is 3. The van der Waals surface area contributed by atoms with Crippen molar-refractivity contribution in [3.05, 3.63) is 53.1 Å². The number of ether oxygens (including phenoxy) is 4. The molecule has 3 heterocycles. The standard InChI is InChI=1S/C47H67N5O7/c1-45(2,3)35-13-10-33(11-14-35)40-28-34(12-15-41(40)57-38-18-21-52(31-38)44(55)59-47(7,8)9)42(53)50-19-16-37(17-20-50)56-39-27-32(30-48)26-36(29-39)49-22-24-51(25-23-49)43(54)58-46(4,5)6/h12,15,26-29,33,35,37-38H,10-11,13-14,16-25,31H2,1-9H3/t33?,35?,38-/m0/s1. The zero-order valence-corrected chi connectivity index (χ0v) is 37.0. The van der Waals surface area contributed by atoms with Crippen LogP contribution in [-0.2, 0) is 9.47 Å². The molecule has 0 bridgehead atoms. The lowest BCUT2D eigenvalue weighted by Crippen LogP contribution is -2.50. The third-order valence-corrected chi connectivity index (χ3v) is 12.1. The number of anilines is 1. The van der Waals surface area contributed by atoms with Crippen LogP contribution in [0, 0.1) is 22.7 Å². The second-order valence-electron chi connectivity index (χ2n) is 20.0. The molecule has 1 saturated carbocycles. The van der Waals surface area contributed by atoms with Gasteiger partial charge in [-0.15, -0.1) is 0 Å². The number of amides is 3. The number of nitrogens with zero attached hydrogens (tertiary/aromatic N) is 5. The van der Waals surface area contributed by atoms with Gasteiger partial charge >= 0.3 is 12.2 Å². The third-order valence-electron chi connectivity index (χ3n) is 12.1. The minimum absolute atomic E-state index is 0.0101. The molecule has 12 nitrogen and oxygen atoms in total. The van der Waals surface area contributed by atoms with Crippen LogP contribution >= 0.6 is 0 Å². The van der Waals surface area contributed by atoms with Gasteiger partial charge in [0.1, 0.15) is 34.9 Å². The Labute approximate surface area is 352 Å². The summed E-state index contributed by atoms with van der Waals surface area (Å²) in [5, 5.41) is 9.85. The summed E-state index contributed by atoms with van der Waals surface area (Å²) in [6.07, 6.45) is 5.57. The second-order valence-corrected chi connectivity index (χ2v) is 20.0. The van der Waals surface area contributed by atoms with Crippen LogP contribution in [0.1, 0.15) is 135 Å². The summed E-state index contributed by atoms with van der Waals surface area (Å²) in [4.78, 5) is 47.1. The van der Waals surface area contributed by atoms with E-state index in [1.54, 1.807) is 15.9 Å². The predicted octanol–water partition coefficient (Wildman–Crippen LogP) is 9.01. The molecule has 3 aliphatic heterocycles. The van der Waals surface area contributed by atoms with Crippen LogP contribution in [0.15, 0.2) is 36.4 Å². The lowest BCUT2D eigenvalue weighted by Gasteiger charge is -2.37. The molecule has 0 unspecified atom stereocenters. The van der Waals surface area contributed by atoms with Gasteiger partial charge in [-0.3, -0.25) is 4.79 Å². The Morgan fingerprint density at radius 2 is 1.24 bits per heavy atom. The molecule has 2 aromatic carbocycles. The highest BCUT2D eigenvalue weighted by Crippen LogP contribution is 2.46. The molecule has 2 aromatic rings. The summed E-state index contributed by atoms with van der Waals surface area (Å²) >= 11 is 0. The molecule has 0 radical (unpaired) electrons. The summed E-state index contributed by atoms with van der Waals surface area (Å²) < 4.78 is 24.3. The largest absolute Gasteiger partial charge is 0.490 e. The number of piperazine rings is 1. The molecular formula is C47H67N5O7. The summed E-state index contributed by atoms with van der Waals surface area (Å²) in [5.74, 6) is 2.41. The van der Waals surface area contributed by atoms with Gasteiger partial charge in [0.25, 0.3) is 5.91 Å². The number of benzene rings is 2. The lowest BCUT2D eigenvalue weighted by molar-refractivity contribution is 0.0237. The highest BCUT2D eigenvalue weighted by molar-refractivity contribution is 5.94. The van der Waals surface area contributed by atoms with Gasteiger partial charge < -0.3 is 38.5 Å². The molecule has 3 amide bonds. The molecule has 12 heteroatoms. The predicted molar refractivity (Wildman–Crippen MR) is 228 cm³/mol. The SMILES string of the molecule is CC(C)(C)OC(=O)N1CCN(c2cc(C#N)cc(OC3CCN(C(=O)c4ccc(O[C@H]5CCN(C(=O)OC(C)(C)C)C5)c(C5CCC(C(C)(C)C)CC5)c4)CC3)c2)CC1. The molecule has 322 valence electrons. The minimum atomic E-state index is -0.557. The van der Waals surface area contributed by atoms with Crippen molar-refractivity contribution in [2.75, 3.05) is 57.3 Å². The lowest BCUT2D eigenvalue weighted by atomic mass is 9.68. The molecule has 3 saturated heterocycles. The van der Waals surface area contributed by atoms with Crippen LogP contribution < -0.4 is 14.4 Å². The fourth-order valence-corrected chi connectivity index (χ4v) is 8.80. The van der Waals surface area contributed by atoms with Crippen molar-refractivity contribution in [2.45, 2.75) is 137 Å². The van der Waals surface area contributed by atoms with Gasteiger partial charge in [-0.2, -0.15) is 5.26 Å². The van der Waals surface area contributed by atoms with E-state index in [0.29, 0.717) is 93.9 Å². The minimum Gasteiger partial charge on any atom is -0.490 e. The Balaban J connectivity index is 1.08. The van der Waals surface area contributed by atoms with Gasteiger partial charge in [-0.25, -0.2) is 9.59 Å². The van der Waals surface area contributed by atoms with E-state index in [0.717, 1.165) is 49.1 Å². The first-order valence-corrected chi connectivity index (χ1v) is 21.8. The van der Waals surface area contributed by atoms with Crippen molar-refractivity contribution in [3.63, 3.8) is 0 Å². The van der Waals surface area contributed by atoms with Crippen molar-refractivity contribution in [1.82, 2.24) is 14.7 Å². The molecule has 4 fully saturated rings. The fourth-order valence-electron chi connectivity index (χ4n) is 8.80. The number of likely N-dealkylation sites (tertiary alicyclic amines) is 2. The zero-order chi connectivity index (χ0) is 42.7. The average Bonchev–Trinajstić information content (AvgIpc) is 3.65. The third kappa shape index (κ3) is 11.8. The molecule has 0 N–H and O–H groups in total. The monoisotopic (exact) mass is 814 g/mol. The van der Waals surface area contributed by atoms with Crippen molar-refractivity contribution in [3.8, 4) is 17.6 Å². The van der Waals surface area contributed by atoms with Gasteiger partial charge in [0.15, 0.2) is 0 Å². The van der Waals surface area contributed by atoms with E-state index in [4.69, 9.17) is 18.9 Å². The summed E-state index contributed by atoms with van der Waals surface area (Å²) in [6.45, 7) is 22.7. The quantitative estimate of drug-likeness (QED) is 0.269. The molecule has 6 rings (SSSR count). The highest BCUT2D eigenvalue weighted by Gasteiger charge is 2.35. The number of hydrogen-bond donors (Lipinski definition) is 0. The number of hydrogen-bond acceptors (Lipinski definition) is 9. The molecular weight excluding hydrogens is 747 g/mol. The Morgan fingerprint density at radius 3 is 1.83 bits per heavy atom. The first-order valence-electron chi connectivity index (χ1n) is 21.8.